The average Bonchev–Trinajstić information content (AvgIpc) is 3.29. The van der Waals surface area contributed by atoms with E-state index in [1.165, 1.54) is 0 Å². The molecule has 0 aliphatic carbocycles. The van der Waals surface area contributed by atoms with Crippen molar-refractivity contribution in [1.29, 1.82) is 0 Å². The number of hydrogen-bond acceptors (Lipinski definition) is 3. The minimum absolute atomic E-state index is 0.108. The molecule has 4 rings (SSSR count). The minimum atomic E-state index is -0.388. The zero-order valence-electron chi connectivity index (χ0n) is 19.3. The molecule has 3 aromatic carbocycles. The molecular formula is C28H28N4O2. The predicted molar refractivity (Wildman–Crippen MR) is 132 cm³/mol. The van der Waals surface area contributed by atoms with Crippen molar-refractivity contribution in [2.45, 2.75) is 32.5 Å². The molecule has 2 atom stereocenters. The second-order valence-electron chi connectivity index (χ2n) is 8.27. The van der Waals surface area contributed by atoms with E-state index in [2.05, 4.69) is 15.6 Å². The number of hydrogen-bond donors (Lipinski definition) is 2. The van der Waals surface area contributed by atoms with Crippen molar-refractivity contribution in [2.24, 2.45) is 0 Å². The van der Waals surface area contributed by atoms with E-state index in [0.29, 0.717) is 6.54 Å². The maximum atomic E-state index is 13.4. The van der Waals surface area contributed by atoms with Gasteiger partial charge >= 0.3 is 0 Å². The molecule has 0 bridgehead atoms. The maximum Gasteiger partial charge on any atom is 0.272 e. The Balaban J connectivity index is 1.61. The molecule has 0 saturated carbocycles. The van der Waals surface area contributed by atoms with Crippen molar-refractivity contribution in [2.75, 3.05) is 0 Å². The molecule has 0 radical (unpaired) electrons. The van der Waals surface area contributed by atoms with Gasteiger partial charge in [0.1, 0.15) is 5.69 Å². The van der Waals surface area contributed by atoms with E-state index in [-0.39, 0.29) is 35.3 Å². The number of nitrogens with zero attached hydrogens (tertiary/aromatic N) is 2. The summed E-state index contributed by atoms with van der Waals surface area (Å²) in [6, 6.07) is 28.7. The first-order valence-corrected chi connectivity index (χ1v) is 11.3. The molecule has 0 aliphatic heterocycles. The molecule has 0 spiro atoms. The Kier molecular flexibility index (Phi) is 7.18. The second kappa shape index (κ2) is 10.6. The first-order chi connectivity index (χ1) is 16.5. The number of aromatic nitrogens is 2. The van der Waals surface area contributed by atoms with Crippen LogP contribution < -0.4 is 10.6 Å². The summed E-state index contributed by atoms with van der Waals surface area (Å²) in [6.45, 7) is 4.26. The molecule has 0 unspecified atom stereocenters. The lowest BCUT2D eigenvalue weighted by molar-refractivity contribution is 0.0896. The highest BCUT2D eigenvalue weighted by molar-refractivity contribution is 6.05. The third-order valence-electron chi connectivity index (χ3n) is 5.76. The van der Waals surface area contributed by atoms with Crippen LogP contribution in [0.25, 0.3) is 0 Å². The Labute approximate surface area is 199 Å². The normalized spacial score (nSPS) is 12.5. The third-order valence-corrected chi connectivity index (χ3v) is 5.76. The van der Waals surface area contributed by atoms with Gasteiger partial charge in [0, 0.05) is 6.54 Å². The van der Waals surface area contributed by atoms with E-state index in [4.69, 9.17) is 0 Å². The Morgan fingerprint density at radius 2 is 1.21 bits per heavy atom. The van der Waals surface area contributed by atoms with E-state index in [9.17, 15) is 9.59 Å². The lowest BCUT2D eigenvalue weighted by Crippen LogP contribution is -2.33. The number of benzene rings is 3. The van der Waals surface area contributed by atoms with Gasteiger partial charge in [0.2, 0.25) is 0 Å². The highest BCUT2D eigenvalue weighted by Crippen LogP contribution is 2.18. The molecule has 1 heterocycles. The molecule has 1 aromatic heterocycles. The smallest absolute Gasteiger partial charge is 0.272 e. The highest BCUT2D eigenvalue weighted by Gasteiger charge is 2.26. The van der Waals surface area contributed by atoms with Gasteiger partial charge in [-0.15, -0.1) is 0 Å². The van der Waals surface area contributed by atoms with E-state index in [1.54, 1.807) is 10.9 Å². The van der Waals surface area contributed by atoms with Crippen LogP contribution in [0.3, 0.4) is 0 Å². The van der Waals surface area contributed by atoms with Crippen molar-refractivity contribution in [1.82, 2.24) is 20.2 Å². The first kappa shape index (κ1) is 23.0. The molecule has 6 heteroatoms. The minimum Gasteiger partial charge on any atom is -0.344 e. The Hall–Kier alpha value is -4.19. The standard InChI is InChI=1S/C28H28N4O2/c1-20(23-14-8-4-9-15-23)30-27(33)25-26(28(34)31-21(2)24-16-10-5-11-17-24)32(19-29-25)18-22-12-6-3-7-13-22/h3-17,19-21H,18H2,1-2H3,(H,30,33)(H,31,34)/t20-,21-/m0/s1. The Morgan fingerprint density at radius 3 is 1.74 bits per heavy atom. The summed E-state index contributed by atoms with van der Waals surface area (Å²) in [5, 5.41) is 6.00. The molecule has 0 aliphatic rings. The zero-order chi connectivity index (χ0) is 23.9. The van der Waals surface area contributed by atoms with E-state index in [1.807, 2.05) is 105 Å². The summed E-state index contributed by atoms with van der Waals surface area (Å²) in [5.41, 5.74) is 3.31. The van der Waals surface area contributed by atoms with Gasteiger partial charge in [-0.1, -0.05) is 91.0 Å². The highest BCUT2D eigenvalue weighted by atomic mass is 16.2. The van der Waals surface area contributed by atoms with Crippen LogP contribution in [0.5, 0.6) is 0 Å². The topological polar surface area (TPSA) is 76.0 Å². The number of carbonyl (C=O) groups is 2. The predicted octanol–water partition coefficient (Wildman–Crippen LogP) is 4.91. The van der Waals surface area contributed by atoms with Gasteiger partial charge in [0.05, 0.1) is 18.4 Å². The molecule has 2 N–H and O–H groups in total. The van der Waals surface area contributed by atoms with Crippen molar-refractivity contribution >= 4 is 11.8 Å². The molecular weight excluding hydrogens is 424 g/mol. The molecule has 0 fully saturated rings. The third kappa shape index (κ3) is 5.41. The fourth-order valence-electron chi connectivity index (χ4n) is 3.87. The molecule has 4 aromatic rings. The van der Waals surface area contributed by atoms with Crippen molar-refractivity contribution < 1.29 is 9.59 Å². The van der Waals surface area contributed by atoms with Crippen LogP contribution >= 0.6 is 0 Å². The maximum absolute atomic E-state index is 13.4. The van der Waals surface area contributed by atoms with Crippen LogP contribution in [-0.4, -0.2) is 21.4 Å². The summed E-state index contributed by atoms with van der Waals surface area (Å²) >= 11 is 0. The summed E-state index contributed by atoms with van der Waals surface area (Å²) < 4.78 is 1.73. The Morgan fingerprint density at radius 1 is 0.735 bits per heavy atom. The fraction of sp³-hybridized carbons (Fsp3) is 0.179. The SMILES string of the molecule is C[C@H](NC(=O)c1ncn(Cc2ccccc2)c1C(=O)N[C@@H](C)c1ccccc1)c1ccccc1. The number of nitrogens with one attached hydrogen (secondary N) is 2. The monoisotopic (exact) mass is 452 g/mol. The number of carbonyl (C=O) groups excluding carboxylic acids is 2. The summed E-state index contributed by atoms with van der Waals surface area (Å²) in [5.74, 6) is -0.733. The fourth-order valence-corrected chi connectivity index (χ4v) is 3.87. The number of amides is 2. The first-order valence-electron chi connectivity index (χ1n) is 11.3. The van der Waals surface area contributed by atoms with Gasteiger partial charge < -0.3 is 15.2 Å². The summed E-state index contributed by atoms with van der Waals surface area (Å²) in [6.07, 6.45) is 1.55. The van der Waals surface area contributed by atoms with E-state index >= 15 is 0 Å². The number of rotatable bonds is 8. The summed E-state index contributed by atoms with van der Waals surface area (Å²) in [4.78, 5) is 31.0. The van der Waals surface area contributed by atoms with Crippen LogP contribution in [0.1, 0.15) is 63.6 Å². The van der Waals surface area contributed by atoms with Gasteiger partial charge in [-0.25, -0.2) is 4.98 Å². The molecule has 34 heavy (non-hydrogen) atoms. The lowest BCUT2D eigenvalue weighted by atomic mass is 10.1. The molecule has 172 valence electrons. The molecule has 2 amide bonds. The summed E-state index contributed by atoms with van der Waals surface area (Å²) in [7, 11) is 0. The zero-order valence-corrected chi connectivity index (χ0v) is 19.3. The van der Waals surface area contributed by atoms with Crippen LogP contribution in [0.4, 0.5) is 0 Å². The van der Waals surface area contributed by atoms with Crippen LogP contribution in [-0.2, 0) is 6.54 Å². The second-order valence-corrected chi connectivity index (χ2v) is 8.27. The van der Waals surface area contributed by atoms with Crippen LogP contribution in [0.15, 0.2) is 97.3 Å². The van der Waals surface area contributed by atoms with E-state index < -0.39 is 0 Å². The van der Waals surface area contributed by atoms with Crippen molar-refractivity contribution in [3.05, 3.63) is 125 Å². The quantitative estimate of drug-likeness (QED) is 0.399. The average molecular weight is 453 g/mol. The van der Waals surface area contributed by atoms with Gasteiger partial charge in [0.15, 0.2) is 5.69 Å². The van der Waals surface area contributed by atoms with Gasteiger partial charge in [0.25, 0.3) is 11.8 Å². The molecule has 6 nitrogen and oxygen atoms in total. The molecule has 0 saturated heterocycles. The van der Waals surface area contributed by atoms with Crippen molar-refractivity contribution in [3.8, 4) is 0 Å². The largest absolute Gasteiger partial charge is 0.344 e. The van der Waals surface area contributed by atoms with E-state index in [0.717, 1.165) is 16.7 Å². The van der Waals surface area contributed by atoms with Gasteiger partial charge in [-0.05, 0) is 30.5 Å². The lowest BCUT2D eigenvalue weighted by Gasteiger charge is -2.17. The van der Waals surface area contributed by atoms with Crippen LogP contribution in [0.2, 0.25) is 0 Å². The van der Waals surface area contributed by atoms with Gasteiger partial charge in [-0.2, -0.15) is 0 Å². The van der Waals surface area contributed by atoms with Crippen LogP contribution in [0, 0.1) is 0 Å². The van der Waals surface area contributed by atoms with Gasteiger partial charge in [-0.3, -0.25) is 9.59 Å². The Bertz CT molecular complexity index is 1240. The van der Waals surface area contributed by atoms with Crippen molar-refractivity contribution in [3.63, 3.8) is 0 Å². The number of imidazole rings is 1.